The van der Waals surface area contributed by atoms with Crippen LogP contribution < -0.4 is 0 Å². The van der Waals surface area contributed by atoms with Crippen molar-refractivity contribution >= 4 is 0 Å². The number of aliphatic hydroxyl groups excluding tert-OH is 1. The third kappa shape index (κ3) is 3.30. The van der Waals surface area contributed by atoms with Crippen molar-refractivity contribution in [3.05, 3.63) is 35.4 Å². The summed E-state index contributed by atoms with van der Waals surface area (Å²) in [5.41, 5.74) is 2.43. The molecule has 1 aliphatic carbocycles. The first-order valence-electron chi connectivity index (χ1n) is 6.67. The molecular formula is C15H22O2. The number of ether oxygens (including phenoxy) is 1. The van der Waals surface area contributed by atoms with E-state index in [1.807, 2.05) is 13.0 Å². The highest BCUT2D eigenvalue weighted by Crippen LogP contribution is 2.37. The monoisotopic (exact) mass is 234 g/mol. The van der Waals surface area contributed by atoms with Crippen molar-refractivity contribution in [2.45, 2.75) is 44.6 Å². The fraction of sp³-hybridized carbons (Fsp3) is 0.600. The van der Waals surface area contributed by atoms with Gasteiger partial charge in [0.25, 0.3) is 0 Å². The summed E-state index contributed by atoms with van der Waals surface area (Å²) in [7, 11) is 0. The maximum Gasteiger partial charge on any atom is 0.0812 e. The van der Waals surface area contributed by atoms with E-state index in [0.29, 0.717) is 13.0 Å². The Morgan fingerprint density at radius 1 is 1.41 bits per heavy atom. The predicted octanol–water partition coefficient (Wildman–Crippen LogP) is 3.41. The van der Waals surface area contributed by atoms with E-state index in [1.54, 1.807) is 0 Å². The minimum absolute atomic E-state index is 0.387. The van der Waals surface area contributed by atoms with Crippen molar-refractivity contribution in [1.29, 1.82) is 0 Å². The molecule has 2 rings (SSSR count). The lowest BCUT2D eigenvalue weighted by Crippen LogP contribution is -2.10. The number of benzene rings is 1. The average molecular weight is 234 g/mol. The first-order valence-corrected chi connectivity index (χ1v) is 6.67. The molecule has 1 N–H and O–H groups in total. The molecule has 1 saturated carbocycles. The molecule has 1 unspecified atom stereocenters. The smallest absolute Gasteiger partial charge is 0.0812 e. The molecule has 1 aliphatic rings. The first-order chi connectivity index (χ1) is 8.31. The molecule has 0 aliphatic heterocycles. The highest BCUT2D eigenvalue weighted by atomic mass is 16.5. The SMILES string of the molecule is CCOCCC(O)c1cccc(C2CCC2)c1. The van der Waals surface area contributed by atoms with Crippen LogP contribution in [0.3, 0.4) is 0 Å². The molecule has 2 nitrogen and oxygen atoms in total. The van der Waals surface area contributed by atoms with Gasteiger partial charge in [-0.3, -0.25) is 0 Å². The molecule has 1 atom stereocenters. The van der Waals surface area contributed by atoms with Gasteiger partial charge in [-0.15, -0.1) is 0 Å². The van der Waals surface area contributed by atoms with Crippen LogP contribution in [0.4, 0.5) is 0 Å². The molecule has 0 spiro atoms. The molecule has 0 heterocycles. The summed E-state index contributed by atoms with van der Waals surface area (Å²) in [5, 5.41) is 10.1. The van der Waals surface area contributed by atoms with Gasteiger partial charge in [-0.1, -0.05) is 30.7 Å². The van der Waals surface area contributed by atoms with Crippen LogP contribution in [0.25, 0.3) is 0 Å². The summed E-state index contributed by atoms with van der Waals surface area (Å²) in [6, 6.07) is 8.43. The topological polar surface area (TPSA) is 29.5 Å². The van der Waals surface area contributed by atoms with Crippen LogP contribution in [0.5, 0.6) is 0 Å². The van der Waals surface area contributed by atoms with Gasteiger partial charge in [-0.05, 0) is 36.8 Å². The van der Waals surface area contributed by atoms with Crippen molar-refractivity contribution in [3.63, 3.8) is 0 Å². The molecule has 1 fully saturated rings. The molecule has 2 heteroatoms. The molecule has 0 bridgehead atoms. The van der Waals surface area contributed by atoms with Gasteiger partial charge in [0.2, 0.25) is 0 Å². The van der Waals surface area contributed by atoms with Crippen LogP contribution in [0, 0.1) is 0 Å². The molecule has 0 saturated heterocycles. The molecule has 17 heavy (non-hydrogen) atoms. The van der Waals surface area contributed by atoms with Crippen molar-refractivity contribution < 1.29 is 9.84 Å². The number of rotatable bonds is 6. The van der Waals surface area contributed by atoms with E-state index in [4.69, 9.17) is 4.74 Å². The van der Waals surface area contributed by atoms with Gasteiger partial charge in [0.15, 0.2) is 0 Å². The highest BCUT2D eigenvalue weighted by molar-refractivity contribution is 5.28. The summed E-state index contributed by atoms with van der Waals surface area (Å²) in [6.07, 6.45) is 4.25. The Morgan fingerprint density at radius 2 is 2.24 bits per heavy atom. The molecule has 94 valence electrons. The Morgan fingerprint density at radius 3 is 2.88 bits per heavy atom. The van der Waals surface area contributed by atoms with Gasteiger partial charge in [-0.2, -0.15) is 0 Å². The van der Waals surface area contributed by atoms with E-state index < -0.39 is 0 Å². The highest BCUT2D eigenvalue weighted by Gasteiger charge is 2.20. The van der Waals surface area contributed by atoms with Crippen molar-refractivity contribution in [1.82, 2.24) is 0 Å². The van der Waals surface area contributed by atoms with E-state index in [1.165, 1.54) is 24.8 Å². The Labute approximate surface area is 104 Å². The Kier molecular flexibility index (Phi) is 4.57. The molecule has 0 amide bonds. The lowest BCUT2D eigenvalue weighted by molar-refractivity contribution is 0.0885. The lowest BCUT2D eigenvalue weighted by Gasteiger charge is -2.26. The van der Waals surface area contributed by atoms with Gasteiger partial charge in [0.05, 0.1) is 6.10 Å². The van der Waals surface area contributed by atoms with Crippen LogP contribution in [0.1, 0.15) is 55.8 Å². The van der Waals surface area contributed by atoms with Crippen LogP contribution in [0.15, 0.2) is 24.3 Å². The standard InChI is InChI=1S/C15H22O2/c1-2-17-10-9-15(16)14-8-4-7-13(11-14)12-5-3-6-12/h4,7-8,11-12,15-16H,2-3,5-6,9-10H2,1H3. The van der Waals surface area contributed by atoms with Gasteiger partial charge >= 0.3 is 0 Å². The summed E-state index contributed by atoms with van der Waals surface area (Å²) in [5.74, 6) is 0.731. The Hall–Kier alpha value is -0.860. The zero-order chi connectivity index (χ0) is 12.1. The quantitative estimate of drug-likeness (QED) is 0.764. The Bertz CT molecular complexity index is 345. The Balaban J connectivity index is 1.94. The summed E-state index contributed by atoms with van der Waals surface area (Å²) < 4.78 is 5.28. The van der Waals surface area contributed by atoms with Crippen LogP contribution >= 0.6 is 0 Å². The zero-order valence-corrected chi connectivity index (χ0v) is 10.6. The number of hydrogen-bond acceptors (Lipinski definition) is 2. The molecule has 1 aromatic carbocycles. The van der Waals surface area contributed by atoms with E-state index in [2.05, 4.69) is 18.2 Å². The average Bonchev–Trinajstić information content (AvgIpc) is 2.27. The van der Waals surface area contributed by atoms with Crippen molar-refractivity contribution in [2.75, 3.05) is 13.2 Å². The van der Waals surface area contributed by atoms with Crippen molar-refractivity contribution in [3.8, 4) is 0 Å². The lowest BCUT2D eigenvalue weighted by atomic mass is 9.79. The third-order valence-electron chi connectivity index (χ3n) is 3.61. The maximum atomic E-state index is 10.1. The summed E-state index contributed by atoms with van der Waals surface area (Å²) >= 11 is 0. The minimum atomic E-state index is -0.387. The van der Waals surface area contributed by atoms with Gasteiger partial charge in [0, 0.05) is 19.6 Å². The van der Waals surface area contributed by atoms with E-state index in [-0.39, 0.29) is 6.10 Å². The van der Waals surface area contributed by atoms with Gasteiger partial charge < -0.3 is 9.84 Å². The van der Waals surface area contributed by atoms with Crippen LogP contribution in [-0.4, -0.2) is 18.3 Å². The maximum absolute atomic E-state index is 10.1. The largest absolute Gasteiger partial charge is 0.388 e. The van der Waals surface area contributed by atoms with E-state index >= 15 is 0 Å². The van der Waals surface area contributed by atoms with Crippen molar-refractivity contribution in [2.24, 2.45) is 0 Å². The third-order valence-corrected chi connectivity index (χ3v) is 3.61. The minimum Gasteiger partial charge on any atom is -0.388 e. The normalized spacial score (nSPS) is 17.8. The summed E-state index contributed by atoms with van der Waals surface area (Å²) in [4.78, 5) is 0. The molecule has 1 aromatic rings. The second-order valence-corrected chi connectivity index (χ2v) is 4.80. The second kappa shape index (κ2) is 6.18. The number of hydrogen-bond donors (Lipinski definition) is 1. The fourth-order valence-electron chi connectivity index (χ4n) is 2.27. The molecule has 0 aromatic heterocycles. The predicted molar refractivity (Wildman–Crippen MR) is 69.1 cm³/mol. The van der Waals surface area contributed by atoms with E-state index in [0.717, 1.165) is 18.1 Å². The van der Waals surface area contributed by atoms with Gasteiger partial charge in [0.1, 0.15) is 0 Å². The zero-order valence-electron chi connectivity index (χ0n) is 10.6. The van der Waals surface area contributed by atoms with Crippen LogP contribution in [-0.2, 0) is 4.74 Å². The molecular weight excluding hydrogens is 212 g/mol. The molecule has 0 radical (unpaired) electrons. The van der Waals surface area contributed by atoms with Gasteiger partial charge in [-0.25, -0.2) is 0 Å². The van der Waals surface area contributed by atoms with E-state index in [9.17, 15) is 5.11 Å². The number of aliphatic hydroxyl groups is 1. The van der Waals surface area contributed by atoms with Crippen LogP contribution in [0.2, 0.25) is 0 Å². The summed E-state index contributed by atoms with van der Waals surface area (Å²) in [6.45, 7) is 3.32. The first kappa shape index (κ1) is 12.6. The second-order valence-electron chi connectivity index (χ2n) is 4.80. The fourth-order valence-corrected chi connectivity index (χ4v) is 2.27.